The van der Waals surface area contributed by atoms with Crippen molar-refractivity contribution in [1.82, 2.24) is 44.6 Å². The van der Waals surface area contributed by atoms with Gasteiger partial charge in [-0.2, -0.15) is 10.2 Å². The summed E-state index contributed by atoms with van der Waals surface area (Å²) in [6.45, 7) is 23.6. The fourth-order valence-corrected chi connectivity index (χ4v) is 11.0. The molecule has 0 atom stereocenters. The zero-order valence-electron chi connectivity index (χ0n) is 57.3. The monoisotopic (exact) mass is 1340 g/mol. The van der Waals surface area contributed by atoms with Crippen molar-refractivity contribution in [3.63, 3.8) is 0 Å². The number of nitrogens with one attached hydrogen (secondary N) is 7. The highest BCUT2D eigenvalue weighted by Gasteiger charge is 2.25. The topological polar surface area (TPSA) is 239 Å². The maximum atomic E-state index is 13.4. The van der Waals surface area contributed by atoms with Crippen LogP contribution in [0, 0.1) is 13.8 Å². The number of carbonyl (C=O) groups excluding carboxylic acids is 4. The van der Waals surface area contributed by atoms with Crippen molar-refractivity contribution in [3.05, 3.63) is 204 Å². The van der Waals surface area contributed by atoms with Gasteiger partial charge in [-0.25, -0.2) is 28.9 Å². The van der Waals surface area contributed by atoms with Gasteiger partial charge in [0.25, 0.3) is 0 Å². The average molecular weight is 1340 g/mol. The highest BCUT2D eigenvalue weighted by Crippen LogP contribution is 2.35. The Kier molecular flexibility index (Phi) is 23.6. The molecule has 2 aliphatic rings. The van der Waals surface area contributed by atoms with E-state index < -0.39 is 6.03 Å². The highest BCUT2D eigenvalue weighted by atomic mass is 35.5. The molecule has 2 aliphatic heterocycles. The van der Waals surface area contributed by atoms with Crippen molar-refractivity contribution < 1.29 is 28.7 Å². The Labute approximate surface area is 578 Å². The number of alkyl halides is 1. The number of pyridine rings is 2. The minimum atomic E-state index is -0.393. The number of carbonyl (C=O) groups is 4. The Morgan fingerprint density at radius 1 is 0.500 bits per heavy atom. The first-order valence-corrected chi connectivity index (χ1v) is 33.6. The molecule has 6 heterocycles. The average Bonchev–Trinajstić information content (AvgIpc) is 1.57. The fraction of sp³-hybridized carbons (Fsp3) is 0.316. The van der Waals surface area contributed by atoms with Crippen molar-refractivity contribution in [2.75, 3.05) is 90.6 Å². The molecule has 0 saturated carbocycles. The minimum Gasteiger partial charge on any atom is -0.488 e. The summed E-state index contributed by atoms with van der Waals surface area (Å²) in [7, 11) is 2.09. The molecule has 21 nitrogen and oxygen atoms in total. The van der Waals surface area contributed by atoms with E-state index in [9.17, 15) is 19.2 Å². The van der Waals surface area contributed by atoms with Crippen LogP contribution in [-0.4, -0.2) is 122 Å². The number of urea groups is 2. The molecule has 6 aromatic carbocycles. The summed E-state index contributed by atoms with van der Waals surface area (Å²) in [6, 6.07) is 49.1. The maximum Gasteiger partial charge on any atom is 0.324 e. The minimum absolute atomic E-state index is 0.0810. The van der Waals surface area contributed by atoms with E-state index in [-0.39, 0.29) is 47.8 Å². The number of amides is 6. The molecule has 2 saturated heterocycles. The van der Waals surface area contributed by atoms with E-state index in [1.165, 1.54) is 32.4 Å². The van der Waals surface area contributed by atoms with Gasteiger partial charge in [-0.3, -0.25) is 25.1 Å². The second kappa shape index (κ2) is 32.7. The first-order chi connectivity index (χ1) is 47.1. The van der Waals surface area contributed by atoms with Crippen LogP contribution >= 0.6 is 11.6 Å². The third-order valence-corrected chi connectivity index (χ3v) is 16.8. The molecule has 0 radical (unpaired) electrons. The molecule has 12 rings (SSSR count). The molecule has 0 bridgehead atoms. The van der Waals surface area contributed by atoms with Gasteiger partial charge in [0.1, 0.15) is 53.9 Å². The summed E-state index contributed by atoms with van der Waals surface area (Å²) >= 11 is 5.58. The number of rotatable bonds is 17. The Hall–Kier alpha value is -10.2. The lowest BCUT2D eigenvalue weighted by molar-refractivity contribution is -0.117. The third kappa shape index (κ3) is 19.5. The van der Waals surface area contributed by atoms with Gasteiger partial charge in [-0.05, 0) is 131 Å². The van der Waals surface area contributed by atoms with Gasteiger partial charge in [0.15, 0.2) is 0 Å². The van der Waals surface area contributed by atoms with Crippen LogP contribution in [0.3, 0.4) is 0 Å². The first-order valence-electron chi connectivity index (χ1n) is 33.1. The molecule has 6 amide bonds. The maximum absolute atomic E-state index is 13.4. The van der Waals surface area contributed by atoms with Gasteiger partial charge in [-0.15, -0.1) is 11.6 Å². The number of fused-ring (bicyclic) bond motifs is 2. The zero-order chi connectivity index (χ0) is 69.3. The molecule has 98 heavy (non-hydrogen) atoms. The summed E-state index contributed by atoms with van der Waals surface area (Å²) in [6.07, 6.45) is 7.48. The van der Waals surface area contributed by atoms with Crippen LogP contribution in [0.5, 0.6) is 11.5 Å². The van der Waals surface area contributed by atoms with Gasteiger partial charge < -0.3 is 41.0 Å². The molecule has 10 aromatic rings. The number of aromatic nitrogens is 6. The van der Waals surface area contributed by atoms with E-state index >= 15 is 0 Å². The molecule has 22 heteroatoms. The summed E-state index contributed by atoms with van der Waals surface area (Å²) in [5.74, 6) is 2.79. The first kappa shape index (κ1) is 70.6. The van der Waals surface area contributed by atoms with Crippen LogP contribution in [0.4, 0.5) is 44.2 Å². The van der Waals surface area contributed by atoms with Gasteiger partial charge in [-0.1, -0.05) is 132 Å². The summed E-state index contributed by atoms with van der Waals surface area (Å²) in [5, 5.41) is 33.8. The van der Waals surface area contributed by atoms with Crippen molar-refractivity contribution >= 4 is 91.7 Å². The van der Waals surface area contributed by atoms with Crippen LogP contribution in [0.1, 0.15) is 94.4 Å². The number of piperazine rings is 1. The molecule has 2 fully saturated rings. The number of hydrogen-bond donors (Lipinski definition) is 7. The van der Waals surface area contributed by atoms with E-state index in [0.29, 0.717) is 52.7 Å². The van der Waals surface area contributed by atoms with E-state index in [1.54, 1.807) is 27.8 Å². The van der Waals surface area contributed by atoms with Crippen LogP contribution in [0.2, 0.25) is 0 Å². The van der Waals surface area contributed by atoms with E-state index in [4.69, 9.17) is 31.3 Å². The number of likely N-dealkylation sites (N-methyl/N-ethyl adjacent to an activating group) is 1. The Bertz CT molecular complexity index is 4360. The number of hydrogen-bond acceptors (Lipinski definition) is 13. The molecular weight excluding hydrogens is 1250 g/mol. The predicted molar refractivity (Wildman–Crippen MR) is 393 cm³/mol. The Balaban J connectivity index is 0.000000197. The van der Waals surface area contributed by atoms with Crippen LogP contribution in [-0.2, 0) is 33.6 Å². The van der Waals surface area contributed by atoms with Gasteiger partial charge >= 0.3 is 12.1 Å². The van der Waals surface area contributed by atoms with Crippen molar-refractivity contribution in [3.8, 4) is 22.9 Å². The smallest absolute Gasteiger partial charge is 0.324 e. The molecule has 0 aliphatic carbocycles. The number of nitrogens with zero attached hydrogens (tertiary/aromatic N) is 8. The quantitative estimate of drug-likeness (QED) is 0.0421. The molecule has 4 aromatic heterocycles. The lowest BCUT2D eigenvalue weighted by Gasteiger charge is -2.31. The molecular formula is C76H88ClN15O6. The Morgan fingerprint density at radius 2 is 0.929 bits per heavy atom. The second-order valence-corrected chi connectivity index (χ2v) is 26.9. The lowest BCUT2D eigenvalue weighted by atomic mass is 9.92. The summed E-state index contributed by atoms with van der Waals surface area (Å²) in [5.41, 5.74) is 8.28. The normalized spacial score (nSPS) is 13.4. The molecule has 0 unspecified atom stereocenters. The van der Waals surface area contributed by atoms with E-state index in [0.717, 1.165) is 92.7 Å². The van der Waals surface area contributed by atoms with E-state index in [1.807, 2.05) is 166 Å². The van der Waals surface area contributed by atoms with E-state index in [2.05, 4.69) is 106 Å². The number of anilines is 6. The number of piperidine rings is 1. The number of halogens is 1. The third-order valence-electron chi connectivity index (χ3n) is 16.5. The number of benzene rings is 6. The predicted octanol–water partition coefficient (Wildman–Crippen LogP) is 14.6. The lowest BCUT2D eigenvalue weighted by Crippen LogP contribution is -2.47. The Morgan fingerprint density at radius 3 is 1.33 bits per heavy atom. The SMILES string of the molecule is C1CCNCC1.Cc1ccc(-n2nc(C(C)(C)C)cc2NC(=O)Nc2ccc(OCc3ccnc(NC(=O)CCl)c3)c3ccccc23)cc1.Cc1ccc(-n2nc(C(C)(C)C)cc2NC(=O)Nc2ccc(OCc3ccnc(NC(=O)CN4CCN(C)CC4)c3)c3ccccc23)cc1. The van der Waals surface area contributed by atoms with Crippen molar-refractivity contribution in [1.29, 1.82) is 0 Å². The standard InChI is InChI=1S/C38H44N8O3.C33H33ClN6O3.C5H11N/c1-26-10-12-28(13-11-26)46-35(23-33(43-46)38(2,3)4)42-37(48)40-31-14-15-32(30-9-7-6-8-29(30)31)49-25-27-16-17-39-34(22-27)41-36(47)24-45-20-18-44(5)19-21-45;1-21-9-11-23(12-10-21)40-30(18-28(39-40)33(2,3)4)38-32(42)36-26-13-14-27(25-8-6-5-7-24(25)26)43-20-22-15-16-35-29(17-22)37-31(41)19-34;1-2-4-6-5-3-1/h6-17,22-23H,18-21,24-25H2,1-5H3,(H,39,41,47)(H2,40,42,48);5-18H,19-20H2,1-4H3,(H,35,37,41)(H2,36,38,42);6H,1-5H2. The number of aryl methyl sites for hydroxylation is 2. The highest BCUT2D eigenvalue weighted by molar-refractivity contribution is 6.29. The van der Waals surface area contributed by atoms with Crippen molar-refractivity contribution in [2.45, 2.75) is 98.7 Å². The van der Waals surface area contributed by atoms with Crippen LogP contribution < -0.4 is 46.7 Å². The zero-order valence-corrected chi connectivity index (χ0v) is 58.0. The molecule has 7 N–H and O–H groups in total. The second-order valence-electron chi connectivity index (χ2n) is 26.6. The van der Waals surface area contributed by atoms with Gasteiger partial charge in [0, 0.05) is 83.1 Å². The number of ether oxygens (including phenoxy) is 2. The van der Waals surface area contributed by atoms with Crippen molar-refractivity contribution in [2.24, 2.45) is 0 Å². The molecule has 510 valence electrons. The van der Waals surface area contributed by atoms with Crippen LogP contribution in [0.15, 0.2) is 170 Å². The van der Waals surface area contributed by atoms with Gasteiger partial charge in [0.05, 0.1) is 40.7 Å². The molecule has 0 spiro atoms. The largest absolute Gasteiger partial charge is 0.488 e. The fourth-order valence-electron chi connectivity index (χ4n) is 10.9. The summed E-state index contributed by atoms with van der Waals surface area (Å²) in [4.78, 5) is 63.9. The summed E-state index contributed by atoms with van der Waals surface area (Å²) < 4.78 is 15.9. The van der Waals surface area contributed by atoms with Crippen LogP contribution in [0.25, 0.3) is 32.9 Å². The van der Waals surface area contributed by atoms with Gasteiger partial charge in [0.2, 0.25) is 11.8 Å².